The summed E-state index contributed by atoms with van der Waals surface area (Å²) in [5, 5.41) is 0. The molecule has 2 aromatic heterocycles. The predicted octanol–water partition coefficient (Wildman–Crippen LogP) is 4.77. The number of pyridine rings is 1. The Bertz CT molecular complexity index is 1320. The van der Waals surface area contributed by atoms with Gasteiger partial charge in [0.25, 0.3) is 0 Å². The van der Waals surface area contributed by atoms with Crippen LogP contribution in [0.4, 0.5) is 0 Å². The Balaban J connectivity index is 1.41. The van der Waals surface area contributed by atoms with Gasteiger partial charge in [-0.2, -0.15) is 0 Å². The number of hydrogen-bond donors (Lipinski definition) is 0. The van der Waals surface area contributed by atoms with Crippen molar-refractivity contribution in [3.8, 4) is 5.75 Å². The van der Waals surface area contributed by atoms with Gasteiger partial charge in [0.2, 0.25) is 9.84 Å². The highest BCUT2D eigenvalue weighted by atomic mass is 32.2. The van der Waals surface area contributed by atoms with E-state index in [0.29, 0.717) is 30.8 Å². The maximum Gasteiger partial charge on any atom is 0.206 e. The van der Waals surface area contributed by atoms with Crippen LogP contribution in [0.15, 0.2) is 89.0 Å². The fourth-order valence-corrected chi connectivity index (χ4v) is 4.65. The maximum absolute atomic E-state index is 12.9. The highest BCUT2D eigenvalue weighted by Gasteiger charge is 2.18. The maximum atomic E-state index is 12.9. The fourth-order valence-electron chi connectivity index (χ4n) is 3.39. The molecule has 0 amide bonds. The van der Waals surface area contributed by atoms with Crippen LogP contribution in [0.3, 0.4) is 0 Å². The second kappa shape index (κ2) is 9.36. The van der Waals surface area contributed by atoms with Gasteiger partial charge in [-0.25, -0.2) is 13.4 Å². The SMILES string of the molecule is CCCOc1ccc(S(=O)(=O)c2ccc(CCC(=O)c3ccc4nccn4c3)cc2)cc1. The van der Waals surface area contributed by atoms with E-state index in [1.165, 1.54) is 0 Å². The Labute approximate surface area is 187 Å². The van der Waals surface area contributed by atoms with Crippen molar-refractivity contribution in [3.05, 3.63) is 90.4 Å². The normalized spacial score (nSPS) is 11.5. The van der Waals surface area contributed by atoms with Crippen LogP contribution in [-0.2, 0) is 16.3 Å². The number of ketones is 1. The van der Waals surface area contributed by atoms with Crippen molar-refractivity contribution in [2.24, 2.45) is 0 Å². The molecule has 32 heavy (non-hydrogen) atoms. The smallest absolute Gasteiger partial charge is 0.206 e. The molecule has 0 fully saturated rings. The summed E-state index contributed by atoms with van der Waals surface area (Å²) in [5.41, 5.74) is 2.33. The van der Waals surface area contributed by atoms with Gasteiger partial charge in [-0.05, 0) is 66.9 Å². The molecule has 0 aliphatic rings. The topological polar surface area (TPSA) is 77.7 Å². The molecule has 2 heterocycles. The summed E-state index contributed by atoms with van der Waals surface area (Å²) in [6.45, 7) is 2.60. The van der Waals surface area contributed by atoms with Gasteiger partial charge in [-0.1, -0.05) is 19.1 Å². The van der Waals surface area contributed by atoms with E-state index in [4.69, 9.17) is 4.74 Å². The first-order valence-corrected chi connectivity index (χ1v) is 12.0. The molecule has 4 aromatic rings. The Morgan fingerprint density at radius 3 is 2.34 bits per heavy atom. The Morgan fingerprint density at radius 2 is 1.66 bits per heavy atom. The first kappa shape index (κ1) is 21.8. The number of aryl methyl sites for hydroxylation is 1. The predicted molar refractivity (Wildman–Crippen MR) is 122 cm³/mol. The number of hydrogen-bond acceptors (Lipinski definition) is 5. The van der Waals surface area contributed by atoms with E-state index in [-0.39, 0.29) is 15.6 Å². The van der Waals surface area contributed by atoms with Gasteiger partial charge in [0, 0.05) is 30.6 Å². The Hall–Kier alpha value is -3.45. The van der Waals surface area contributed by atoms with Crippen LogP contribution in [0, 0.1) is 0 Å². The molecule has 6 nitrogen and oxygen atoms in total. The molecule has 0 saturated heterocycles. The minimum absolute atomic E-state index is 0.0303. The van der Waals surface area contributed by atoms with E-state index in [2.05, 4.69) is 4.98 Å². The van der Waals surface area contributed by atoms with Crippen molar-refractivity contribution < 1.29 is 17.9 Å². The number of nitrogens with zero attached hydrogens (tertiary/aromatic N) is 2. The summed E-state index contributed by atoms with van der Waals surface area (Å²) in [7, 11) is -3.61. The highest BCUT2D eigenvalue weighted by molar-refractivity contribution is 7.91. The standard InChI is InChI=1S/C25H24N2O4S/c1-2-17-31-21-7-11-23(12-8-21)32(29,30)22-9-3-19(4-10-22)5-13-24(28)20-6-14-25-26-15-16-27(25)18-20/h3-4,6-12,14-16,18H,2,5,13,17H2,1H3. The number of aromatic nitrogens is 2. The summed E-state index contributed by atoms with van der Waals surface area (Å²) < 4.78 is 33.1. The molecule has 0 radical (unpaired) electrons. The van der Waals surface area contributed by atoms with Crippen LogP contribution in [0.2, 0.25) is 0 Å². The van der Waals surface area contributed by atoms with Crippen LogP contribution in [0.25, 0.3) is 5.65 Å². The molecule has 0 atom stereocenters. The third-order valence-corrected chi connectivity index (χ3v) is 6.98. The molecule has 0 aliphatic carbocycles. The van der Waals surface area contributed by atoms with Gasteiger partial charge in [-0.3, -0.25) is 4.79 Å². The molecule has 0 aliphatic heterocycles. The van der Waals surface area contributed by atoms with Gasteiger partial charge >= 0.3 is 0 Å². The summed E-state index contributed by atoms with van der Waals surface area (Å²) in [5.74, 6) is 0.681. The van der Waals surface area contributed by atoms with Crippen LogP contribution in [-0.4, -0.2) is 30.2 Å². The monoisotopic (exact) mass is 448 g/mol. The highest BCUT2D eigenvalue weighted by Crippen LogP contribution is 2.24. The van der Waals surface area contributed by atoms with Gasteiger partial charge in [-0.15, -0.1) is 0 Å². The largest absolute Gasteiger partial charge is 0.494 e. The summed E-state index contributed by atoms with van der Waals surface area (Å²) in [4.78, 5) is 17.2. The number of fused-ring (bicyclic) bond motifs is 1. The zero-order valence-electron chi connectivity index (χ0n) is 17.8. The molecule has 2 aromatic carbocycles. The van der Waals surface area contributed by atoms with Crippen molar-refractivity contribution in [1.82, 2.24) is 9.38 Å². The van der Waals surface area contributed by atoms with Crippen molar-refractivity contribution in [2.75, 3.05) is 6.61 Å². The van der Waals surface area contributed by atoms with E-state index in [9.17, 15) is 13.2 Å². The molecule has 0 N–H and O–H groups in total. The quantitative estimate of drug-likeness (QED) is 0.345. The summed E-state index contributed by atoms with van der Waals surface area (Å²) in [6.07, 6.45) is 7.03. The molecule has 0 spiro atoms. The van der Waals surface area contributed by atoms with Crippen LogP contribution >= 0.6 is 0 Å². The van der Waals surface area contributed by atoms with Crippen LogP contribution < -0.4 is 4.74 Å². The molecule has 4 rings (SSSR count). The molecule has 7 heteroatoms. The van der Waals surface area contributed by atoms with Crippen molar-refractivity contribution in [2.45, 2.75) is 36.0 Å². The van der Waals surface area contributed by atoms with Gasteiger partial charge in [0.1, 0.15) is 11.4 Å². The van der Waals surface area contributed by atoms with Gasteiger partial charge < -0.3 is 9.14 Å². The minimum Gasteiger partial charge on any atom is -0.494 e. The molecular formula is C25H24N2O4S. The van der Waals surface area contributed by atoms with E-state index >= 15 is 0 Å². The molecule has 0 bridgehead atoms. The third-order valence-electron chi connectivity index (χ3n) is 5.19. The lowest BCUT2D eigenvalue weighted by molar-refractivity contribution is 0.0982. The van der Waals surface area contributed by atoms with Crippen LogP contribution in [0.1, 0.15) is 35.7 Å². The molecule has 0 unspecified atom stereocenters. The third kappa shape index (κ3) is 4.73. The number of benzene rings is 2. The average molecular weight is 449 g/mol. The van der Waals surface area contributed by atoms with Crippen LogP contribution in [0.5, 0.6) is 5.75 Å². The number of rotatable bonds is 9. The summed E-state index contributed by atoms with van der Waals surface area (Å²) in [6, 6.07) is 16.8. The van der Waals surface area contributed by atoms with E-state index in [0.717, 1.165) is 17.6 Å². The van der Waals surface area contributed by atoms with Gasteiger partial charge in [0.15, 0.2) is 5.78 Å². The first-order chi connectivity index (χ1) is 15.5. The minimum atomic E-state index is -3.61. The zero-order chi connectivity index (χ0) is 22.6. The lowest BCUT2D eigenvalue weighted by atomic mass is 10.0. The van der Waals surface area contributed by atoms with E-state index < -0.39 is 9.84 Å². The lowest BCUT2D eigenvalue weighted by Crippen LogP contribution is -2.04. The second-order valence-electron chi connectivity index (χ2n) is 7.50. The number of sulfone groups is 1. The van der Waals surface area contributed by atoms with E-state index in [1.807, 2.05) is 17.4 Å². The number of Topliss-reactive ketones (excluding diaryl/α,β-unsaturated/α-hetero) is 1. The number of ether oxygens (including phenoxy) is 1. The average Bonchev–Trinajstić information content (AvgIpc) is 3.30. The zero-order valence-corrected chi connectivity index (χ0v) is 18.6. The summed E-state index contributed by atoms with van der Waals surface area (Å²) >= 11 is 0. The molecular weight excluding hydrogens is 424 g/mol. The first-order valence-electron chi connectivity index (χ1n) is 10.5. The number of carbonyl (C=O) groups excluding carboxylic acids is 1. The Kier molecular flexibility index (Phi) is 6.37. The number of imidazole rings is 1. The molecule has 0 saturated carbocycles. The lowest BCUT2D eigenvalue weighted by Gasteiger charge is -2.08. The second-order valence-corrected chi connectivity index (χ2v) is 9.45. The Morgan fingerprint density at radius 1 is 0.969 bits per heavy atom. The van der Waals surface area contributed by atoms with Gasteiger partial charge in [0.05, 0.1) is 16.4 Å². The van der Waals surface area contributed by atoms with Crippen molar-refractivity contribution in [3.63, 3.8) is 0 Å². The van der Waals surface area contributed by atoms with Crippen molar-refractivity contribution >= 4 is 21.3 Å². The molecule has 164 valence electrons. The van der Waals surface area contributed by atoms with E-state index in [1.54, 1.807) is 73.2 Å². The number of carbonyl (C=O) groups is 1. The van der Waals surface area contributed by atoms with Crippen molar-refractivity contribution in [1.29, 1.82) is 0 Å². The fraction of sp³-hybridized carbons (Fsp3) is 0.200.